The summed E-state index contributed by atoms with van der Waals surface area (Å²) in [7, 11) is 0. The number of amides is 1. The zero-order chi connectivity index (χ0) is 20.5. The molecule has 1 saturated heterocycles. The third kappa shape index (κ3) is 4.24. The van der Waals surface area contributed by atoms with Crippen molar-refractivity contribution in [1.29, 1.82) is 0 Å². The Balaban J connectivity index is 1.99. The molecule has 0 aromatic heterocycles. The Morgan fingerprint density at radius 2 is 1.89 bits per heavy atom. The first-order chi connectivity index (χ1) is 13.1. The van der Waals surface area contributed by atoms with Crippen LogP contribution in [0.1, 0.15) is 51.6 Å². The number of carbonyl (C=O) groups is 1. The van der Waals surface area contributed by atoms with Crippen LogP contribution < -0.4 is 10.2 Å². The van der Waals surface area contributed by atoms with Gasteiger partial charge in [0.15, 0.2) is 6.04 Å². The van der Waals surface area contributed by atoms with Gasteiger partial charge >= 0.3 is 6.18 Å². The van der Waals surface area contributed by atoms with E-state index in [1.54, 1.807) is 26.0 Å². The fourth-order valence-electron chi connectivity index (χ4n) is 3.54. The second-order valence-corrected chi connectivity index (χ2v) is 7.81. The number of carbonyl (C=O) groups excluding carboxylic acids is 1. The van der Waals surface area contributed by atoms with E-state index in [4.69, 9.17) is 4.74 Å². The SMILES string of the molecule is CCCCOc1ccc2ccc([C@H](N3NC(=O)CC3(C)C)C(F)(F)F)cc2c1. The third-order valence-corrected chi connectivity index (χ3v) is 4.98. The van der Waals surface area contributed by atoms with Crippen LogP contribution in [-0.4, -0.2) is 29.2 Å². The summed E-state index contributed by atoms with van der Waals surface area (Å²) in [5.41, 5.74) is 1.53. The van der Waals surface area contributed by atoms with Crippen LogP contribution in [0.4, 0.5) is 13.2 Å². The quantitative estimate of drug-likeness (QED) is 0.690. The van der Waals surface area contributed by atoms with Gasteiger partial charge in [-0.2, -0.15) is 18.2 Å². The normalized spacial score (nSPS) is 18.3. The maximum atomic E-state index is 14.0. The molecule has 0 aliphatic carbocycles. The number of hydrazine groups is 1. The summed E-state index contributed by atoms with van der Waals surface area (Å²) < 4.78 is 47.7. The van der Waals surface area contributed by atoms with Crippen LogP contribution in [-0.2, 0) is 4.79 Å². The van der Waals surface area contributed by atoms with Crippen molar-refractivity contribution in [3.8, 4) is 5.75 Å². The molecule has 28 heavy (non-hydrogen) atoms. The molecule has 0 radical (unpaired) electrons. The second kappa shape index (κ2) is 7.62. The average Bonchev–Trinajstić information content (AvgIpc) is 2.86. The lowest BCUT2D eigenvalue weighted by Crippen LogP contribution is -2.51. The van der Waals surface area contributed by atoms with Crippen LogP contribution in [0.15, 0.2) is 36.4 Å². The van der Waals surface area contributed by atoms with Gasteiger partial charge in [0.2, 0.25) is 5.91 Å². The van der Waals surface area contributed by atoms with Gasteiger partial charge in [-0.05, 0) is 54.8 Å². The lowest BCUT2D eigenvalue weighted by Gasteiger charge is -2.38. The van der Waals surface area contributed by atoms with E-state index in [0.717, 1.165) is 23.2 Å². The largest absolute Gasteiger partial charge is 0.494 e. The fourth-order valence-corrected chi connectivity index (χ4v) is 3.54. The molecular formula is C21H25F3N2O2. The molecule has 0 unspecified atom stereocenters. The Kier molecular flexibility index (Phi) is 5.57. The summed E-state index contributed by atoms with van der Waals surface area (Å²) in [6.45, 7) is 5.89. The molecule has 1 amide bonds. The maximum Gasteiger partial charge on any atom is 0.409 e. The summed E-state index contributed by atoms with van der Waals surface area (Å²) in [5.74, 6) is 0.225. The van der Waals surface area contributed by atoms with Gasteiger partial charge in [0.1, 0.15) is 5.75 Å². The number of nitrogens with zero attached hydrogens (tertiary/aromatic N) is 1. The molecule has 7 heteroatoms. The monoisotopic (exact) mass is 394 g/mol. The Bertz CT molecular complexity index is 864. The number of hydrogen-bond acceptors (Lipinski definition) is 3. The molecular weight excluding hydrogens is 369 g/mol. The van der Waals surface area contributed by atoms with Crippen molar-refractivity contribution < 1.29 is 22.7 Å². The highest BCUT2D eigenvalue weighted by Crippen LogP contribution is 2.43. The molecule has 1 atom stereocenters. The minimum Gasteiger partial charge on any atom is -0.494 e. The zero-order valence-electron chi connectivity index (χ0n) is 16.3. The molecule has 2 aromatic carbocycles. The van der Waals surface area contributed by atoms with E-state index >= 15 is 0 Å². The van der Waals surface area contributed by atoms with E-state index in [2.05, 4.69) is 12.3 Å². The highest BCUT2D eigenvalue weighted by Gasteiger charge is 2.52. The lowest BCUT2D eigenvalue weighted by molar-refractivity contribution is -0.203. The van der Waals surface area contributed by atoms with Gasteiger partial charge < -0.3 is 4.74 Å². The minimum absolute atomic E-state index is 0.0164. The number of benzene rings is 2. The predicted molar refractivity (Wildman–Crippen MR) is 102 cm³/mol. The molecule has 1 fully saturated rings. The number of ether oxygens (including phenoxy) is 1. The maximum absolute atomic E-state index is 14.0. The van der Waals surface area contributed by atoms with Gasteiger partial charge in [0, 0.05) is 12.0 Å². The fraction of sp³-hybridized carbons (Fsp3) is 0.476. The summed E-state index contributed by atoms with van der Waals surface area (Å²) in [4.78, 5) is 11.8. The Morgan fingerprint density at radius 1 is 1.18 bits per heavy atom. The third-order valence-electron chi connectivity index (χ3n) is 4.98. The van der Waals surface area contributed by atoms with Gasteiger partial charge in [0.05, 0.1) is 6.61 Å². The van der Waals surface area contributed by atoms with Gasteiger partial charge in [-0.15, -0.1) is 0 Å². The Morgan fingerprint density at radius 3 is 2.50 bits per heavy atom. The standard InChI is InChI=1S/C21H25F3N2O2/c1-4-5-10-28-17-9-8-14-6-7-15(11-16(14)12-17)19(21(22,23)24)26-20(2,3)13-18(27)25-26/h6-9,11-12,19H,4-5,10,13H2,1-3H3,(H,25,27)/t19-/m0/s1. The van der Waals surface area contributed by atoms with Gasteiger partial charge in [0.25, 0.3) is 0 Å². The predicted octanol–water partition coefficient (Wildman–Crippen LogP) is 5.14. The van der Waals surface area contributed by atoms with Crippen molar-refractivity contribution in [2.75, 3.05) is 6.61 Å². The first-order valence-corrected chi connectivity index (χ1v) is 9.44. The van der Waals surface area contributed by atoms with Gasteiger partial charge in [-0.3, -0.25) is 10.2 Å². The summed E-state index contributed by atoms with van der Waals surface area (Å²) in [6.07, 6.45) is -2.61. The van der Waals surface area contributed by atoms with Crippen molar-refractivity contribution in [2.24, 2.45) is 0 Å². The van der Waals surface area contributed by atoms with Crippen molar-refractivity contribution >= 4 is 16.7 Å². The van der Waals surface area contributed by atoms with Crippen LogP contribution >= 0.6 is 0 Å². The van der Waals surface area contributed by atoms with Crippen LogP contribution in [0.2, 0.25) is 0 Å². The number of halogens is 3. The molecule has 152 valence electrons. The van der Waals surface area contributed by atoms with E-state index in [0.29, 0.717) is 17.7 Å². The molecule has 1 aliphatic heterocycles. The molecule has 1 aliphatic rings. The summed E-state index contributed by atoms with van der Waals surface area (Å²) in [5, 5.41) is 2.53. The van der Waals surface area contributed by atoms with Crippen LogP contribution in [0, 0.1) is 0 Å². The van der Waals surface area contributed by atoms with E-state index in [9.17, 15) is 18.0 Å². The molecule has 0 bridgehead atoms. The van der Waals surface area contributed by atoms with Crippen LogP contribution in [0.5, 0.6) is 5.75 Å². The van der Waals surface area contributed by atoms with Crippen LogP contribution in [0.25, 0.3) is 10.8 Å². The van der Waals surface area contributed by atoms with Gasteiger partial charge in [-0.1, -0.05) is 31.5 Å². The van der Waals surface area contributed by atoms with E-state index in [1.807, 2.05) is 12.1 Å². The summed E-state index contributed by atoms with van der Waals surface area (Å²) in [6, 6.07) is 8.16. The van der Waals surface area contributed by atoms with Crippen molar-refractivity contribution in [3.63, 3.8) is 0 Å². The number of alkyl halides is 3. The smallest absolute Gasteiger partial charge is 0.409 e. The number of nitrogens with one attached hydrogen (secondary N) is 1. The number of rotatable bonds is 6. The number of fused-ring (bicyclic) bond motifs is 1. The zero-order valence-corrected chi connectivity index (χ0v) is 16.3. The highest BCUT2D eigenvalue weighted by atomic mass is 19.4. The molecule has 1 N–H and O–H groups in total. The van der Waals surface area contributed by atoms with Gasteiger partial charge in [-0.25, -0.2) is 0 Å². The molecule has 1 heterocycles. The molecule has 4 nitrogen and oxygen atoms in total. The Hall–Kier alpha value is -2.28. The van der Waals surface area contributed by atoms with Crippen LogP contribution in [0.3, 0.4) is 0 Å². The second-order valence-electron chi connectivity index (χ2n) is 7.81. The minimum atomic E-state index is -4.54. The topological polar surface area (TPSA) is 41.6 Å². The molecule has 0 spiro atoms. The first-order valence-electron chi connectivity index (χ1n) is 9.44. The average molecular weight is 394 g/mol. The van der Waals surface area contributed by atoms with Crippen molar-refractivity contribution in [1.82, 2.24) is 10.4 Å². The van der Waals surface area contributed by atoms with E-state index in [1.165, 1.54) is 12.1 Å². The molecule has 0 saturated carbocycles. The van der Waals surface area contributed by atoms with Crippen molar-refractivity contribution in [2.45, 2.75) is 57.8 Å². The molecule has 2 aromatic rings. The first kappa shape index (κ1) is 20.5. The molecule has 3 rings (SSSR count). The van der Waals surface area contributed by atoms with E-state index < -0.39 is 23.7 Å². The summed E-state index contributed by atoms with van der Waals surface area (Å²) >= 11 is 0. The Labute approximate surface area is 162 Å². The lowest BCUT2D eigenvalue weighted by atomic mass is 9.95. The number of hydrogen-bond donors (Lipinski definition) is 1. The van der Waals surface area contributed by atoms with E-state index in [-0.39, 0.29) is 12.0 Å². The highest BCUT2D eigenvalue weighted by molar-refractivity contribution is 5.85. The van der Waals surface area contributed by atoms with Crippen molar-refractivity contribution in [3.05, 3.63) is 42.0 Å². The number of unbranched alkanes of at least 4 members (excludes halogenated alkanes) is 1.